The Morgan fingerprint density at radius 2 is 2.06 bits per heavy atom. The average molecular weight is 262 g/mol. The topological polar surface area (TPSA) is 49.4 Å². The molecule has 5 heteroatoms. The minimum Gasteiger partial charge on any atom is -0.316 e. The van der Waals surface area contributed by atoms with Crippen LogP contribution in [0.5, 0.6) is 0 Å². The average Bonchev–Trinajstić information content (AvgIpc) is 2.51. The van der Waals surface area contributed by atoms with Gasteiger partial charge in [0.2, 0.25) is 10.0 Å². The molecule has 2 unspecified atom stereocenters. The number of hydrogen-bond acceptors (Lipinski definition) is 3. The minimum absolute atomic E-state index is 0.323. The van der Waals surface area contributed by atoms with E-state index in [4.69, 9.17) is 0 Å². The van der Waals surface area contributed by atoms with Gasteiger partial charge in [0.1, 0.15) is 0 Å². The third-order valence-corrected chi connectivity index (χ3v) is 5.79. The van der Waals surface area contributed by atoms with Crippen LogP contribution in [-0.2, 0) is 10.0 Å². The zero-order chi connectivity index (χ0) is 12.9. The summed E-state index contributed by atoms with van der Waals surface area (Å²) >= 11 is 0. The van der Waals surface area contributed by atoms with Gasteiger partial charge in [0.15, 0.2) is 0 Å². The minimum atomic E-state index is -3.11. The van der Waals surface area contributed by atoms with Gasteiger partial charge >= 0.3 is 0 Å². The molecular formula is C12H26N2O2S. The van der Waals surface area contributed by atoms with E-state index in [0.717, 1.165) is 25.8 Å². The largest absolute Gasteiger partial charge is 0.316 e. The molecule has 1 saturated heterocycles. The van der Waals surface area contributed by atoms with E-state index in [0.29, 0.717) is 25.6 Å². The highest BCUT2D eigenvalue weighted by Gasteiger charge is 2.29. The Morgan fingerprint density at radius 1 is 1.35 bits per heavy atom. The van der Waals surface area contributed by atoms with Crippen molar-refractivity contribution in [1.29, 1.82) is 0 Å². The molecule has 0 aromatic heterocycles. The number of nitrogens with zero attached hydrogens (tertiary/aromatic N) is 1. The monoisotopic (exact) mass is 262 g/mol. The van der Waals surface area contributed by atoms with Gasteiger partial charge in [0.25, 0.3) is 0 Å². The lowest BCUT2D eigenvalue weighted by Gasteiger charge is -2.24. The molecule has 1 N–H and O–H groups in total. The zero-order valence-corrected chi connectivity index (χ0v) is 12.1. The van der Waals surface area contributed by atoms with Crippen molar-refractivity contribution in [3.05, 3.63) is 0 Å². The number of nitrogens with one attached hydrogen (secondary N) is 1. The Balaban J connectivity index is 2.62. The first-order chi connectivity index (χ1) is 7.98. The van der Waals surface area contributed by atoms with Crippen molar-refractivity contribution in [2.75, 3.05) is 26.2 Å². The Kier molecular flexibility index (Phi) is 5.89. The molecule has 17 heavy (non-hydrogen) atoms. The van der Waals surface area contributed by atoms with E-state index in [-0.39, 0.29) is 5.25 Å². The SMILES string of the molecule is CCNCC(C)S(=O)(=O)N1CCCC(C)CC1. The molecule has 102 valence electrons. The van der Waals surface area contributed by atoms with E-state index in [2.05, 4.69) is 12.2 Å². The first kappa shape index (κ1) is 14.9. The molecule has 1 heterocycles. The first-order valence-electron chi connectivity index (χ1n) is 6.68. The molecule has 0 aromatic carbocycles. The predicted octanol–water partition coefficient (Wildman–Crippen LogP) is 1.44. The fourth-order valence-electron chi connectivity index (χ4n) is 2.20. The summed E-state index contributed by atoms with van der Waals surface area (Å²) in [6.45, 7) is 8.75. The van der Waals surface area contributed by atoms with E-state index < -0.39 is 10.0 Å². The summed E-state index contributed by atoms with van der Waals surface area (Å²) in [5, 5.41) is 2.79. The van der Waals surface area contributed by atoms with Crippen LogP contribution in [0.15, 0.2) is 0 Å². The molecule has 4 nitrogen and oxygen atoms in total. The molecule has 1 fully saturated rings. The summed E-state index contributed by atoms with van der Waals surface area (Å²) in [5.41, 5.74) is 0. The second-order valence-corrected chi connectivity index (χ2v) is 7.45. The molecule has 1 aliphatic rings. The fourth-order valence-corrected chi connectivity index (χ4v) is 3.78. The van der Waals surface area contributed by atoms with Gasteiger partial charge in [-0.05, 0) is 38.6 Å². The molecule has 0 aliphatic carbocycles. The summed E-state index contributed by atoms with van der Waals surface area (Å²) in [6.07, 6.45) is 3.13. The predicted molar refractivity (Wildman–Crippen MR) is 71.5 cm³/mol. The Bertz CT molecular complexity index is 316. The molecule has 2 atom stereocenters. The lowest BCUT2D eigenvalue weighted by Crippen LogP contribution is -2.42. The quantitative estimate of drug-likeness (QED) is 0.815. The van der Waals surface area contributed by atoms with Gasteiger partial charge in [-0.1, -0.05) is 13.8 Å². The summed E-state index contributed by atoms with van der Waals surface area (Å²) in [4.78, 5) is 0. The van der Waals surface area contributed by atoms with Gasteiger partial charge in [-0.15, -0.1) is 0 Å². The van der Waals surface area contributed by atoms with Crippen molar-refractivity contribution >= 4 is 10.0 Å². The molecular weight excluding hydrogens is 236 g/mol. The maximum Gasteiger partial charge on any atom is 0.217 e. The number of hydrogen-bond donors (Lipinski definition) is 1. The molecule has 0 saturated carbocycles. The lowest BCUT2D eigenvalue weighted by molar-refractivity contribution is 0.409. The Morgan fingerprint density at radius 3 is 2.71 bits per heavy atom. The van der Waals surface area contributed by atoms with E-state index in [1.807, 2.05) is 6.92 Å². The molecule has 0 spiro atoms. The van der Waals surface area contributed by atoms with Crippen LogP contribution in [0.1, 0.15) is 40.0 Å². The van der Waals surface area contributed by atoms with Crippen LogP contribution in [-0.4, -0.2) is 44.2 Å². The van der Waals surface area contributed by atoms with Gasteiger partial charge in [-0.3, -0.25) is 0 Å². The molecule has 0 amide bonds. The second kappa shape index (κ2) is 6.71. The van der Waals surface area contributed by atoms with Gasteiger partial charge in [0, 0.05) is 19.6 Å². The Hall–Kier alpha value is -0.130. The summed E-state index contributed by atoms with van der Waals surface area (Å²) in [5.74, 6) is 0.652. The third kappa shape index (κ3) is 4.23. The molecule has 1 rings (SSSR count). The van der Waals surface area contributed by atoms with Crippen LogP contribution in [0.25, 0.3) is 0 Å². The van der Waals surface area contributed by atoms with Crippen LogP contribution in [0.3, 0.4) is 0 Å². The van der Waals surface area contributed by atoms with Crippen molar-refractivity contribution in [3.8, 4) is 0 Å². The molecule has 0 aromatic rings. The highest BCUT2D eigenvalue weighted by atomic mass is 32.2. The highest BCUT2D eigenvalue weighted by molar-refractivity contribution is 7.89. The second-order valence-electron chi connectivity index (χ2n) is 5.10. The van der Waals surface area contributed by atoms with Crippen LogP contribution in [0.2, 0.25) is 0 Å². The van der Waals surface area contributed by atoms with Gasteiger partial charge in [0.05, 0.1) is 5.25 Å². The standard InChI is InChI=1S/C12H26N2O2S/c1-4-13-10-12(3)17(15,16)14-8-5-6-11(2)7-9-14/h11-13H,4-10H2,1-3H3. The van der Waals surface area contributed by atoms with E-state index >= 15 is 0 Å². The molecule has 1 aliphatic heterocycles. The van der Waals surface area contributed by atoms with Crippen molar-refractivity contribution in [2.24, 2.45) is 5.92 Å². The number of sulfonamides is 1. The summed E-state index contributed by atoms with van der Waals surface area (Å²) in [6, 6.07) is 0. The molecule has 0 radical (unpaired) electrons. The zero-order valence-electron chi connectivity index (χ0n) is 11.3. The smallest absolute Gasteiger partial charge is 0.217 e. The van der Waals surface area contributed by atoms with E-state index in [1.165, 1.54) is 0 Å². The van der Waals surface area contributed by atoms with Crippen LogP contribution in [0.4, 0.5) is 0 Å². The lowest BCUT2D eigenvalue weighted by atomic mass is 10.0. The fraction of sp³-hybridized carbons (Fsp3) is 1.00. The van der Waals surface area contributed by atoms with Crippen LogP contribution in [0, 0.1) is 5.92 Å². The first-order valence-corrected chi connectivity index (χ1v) is 8.18. The van der Waals surface area contributed by atoms with Crippen LogP contribution < -0.4 is 5.32 Å². The Labute approximate surface area is 106 Å². The maximum absolute atomic E-state index is 12.3. The van der Waals surface area contributed by atoms with Crippen LogP contribution >= 0.6 is 0 Å². The van der Waals surface area contributed by atoms with Crippen molar-refractivity contribution in [1.82, 2.24) is 9.62 Å². The summed E-state index contributed by atoms with van der Waals surface area (Å²) < 4.78 is 26.4. The molecule has 0 bridgehead atoms. The van der Waals surface area contributed by atoms with Gasteiger partial charge in [-0.25, -0.2) is 12.7 Å². The van der Waals surface area contributed by atoms with Crippen molar-refractivity contribution in [3.63, 3.8) is 0 Å². The maximum atomic E-state index is 12.3. The summed E-state index contributed by atoms with van der Waals surface area (Å²) in [7, 11) is -3.11. The highest BCUT2D eigenvalue weighted by Crippen LogP contribution is 2.20. The number of rotatable bonds is 5. The van der Waals surface area contributed by atoms with E-state index in [9.17, 15) is 8.42 Å². The van der Waals surface area contributed by atoms with Gasteiger partial charge < -0.3 is 5.32 Å². The third-order valence-electron chi connectivity index (χ3n) is 3.53. The van der Waals surface area contributed by atoms with Crippen molar-refractivity contribution in [2.45, 2.75) is 45.3 Å². The normalized spacial score (nSPS) is 25.5. The van der Waals surface area contributed by atoms with Crippen molar-refractivity contribution < 1.29 is 8.42 Å². The van der Waals surface area contributed by atoms with Gasteiger partial charge in [-0.2, -0.15) is 0 Å². The van der Waals surface area contributed by atoms with E-state index in [1.54, 1.807) is 11.2 Å².